The van der Waals surface area contributed by atoms with Crippen molar-refractivity contribution in [1.29, 1.82) is 0 Å². The molecule has 1 atom stereocenters. The average Bonchev–Trinajstić information content (AvgIpc) is 2.78. The predicted molar refractivity (Wildman–Crippen MR) is 68.9 cm³/mol. The number of anilines is 1. The van der Waals surface area contributed by atoms with Crippen LogP contribution in [0.15, 0.2) is 18.2 Å². The minimum absolute atomic E-state index is 0.0112. The monoisotopic (exact) mass is 269 g/mol. The van der Waals surface area contributed by atoms with Gasteiger partial charge in [0.1, 0.15) is 11.6 Å². The standard InChI is InChI=1S/C13H17F2N3O/c1-13(4-5-16-8-13)17-7-12(19)18-11-3-2-9(14)6-10(11)15/h2-3,6,16-17H,4-5,7-8H2,1H3,(H,18,19). The molecule has 6 heteroatoms. The van der Waals surface area contributed by atoms with Crippen LogP contribution in [0.2, 0.25) is 0 Å². The van der Waals surface area contributed by atoms with Crippen molar-refractivity contribution in [3.8, 4) is 0 Å². The van der Waals surface area contributed by atoms with Gasteiger partial charge in [-0.1, -0.05) is 0 Å². The number of nitrogens with one attached hydrogen (secondary N) is 3. The minimum atomic E-state index is -0.776. The highest BCUT2D eigenvalue weighted by atomic mass is 19.1. The molecular formula is C13H17F2N3O. The van der Waals surface area contributed by atoms with Crippen molar-refractivity contribution < 1.29 is 13.6 Å². The smallest absolute Gasteiger partial charge is 0.238 e. The van der Waals surface area contributed by atoms with E-state index in [-0.39, 0.29) is 23.7 Å². The lowest BCUT2D eigenvalue weighted by molar-refractivity contribution is -0.115. The minimum Gasteiger partial charge on any atom is -0.322 e. The number of carbonyl (C=O) groups is 1. The van der Waals surface area contributed by atoms with Crippen LogP contribution < -0.4 is 16.0 Å². The fourth-order valence-corrected chi connectivity index (χ4v) is 2.05. The summed E-state index contributed by atoms with van der Waals surface area (Å²) in [5.41, 5.74) is -0.124. The summed E-state index contributed by atoms with van der Waals surface area (Å²) in [7, 11) is 0. The molecule has 4 nitrogen and oxygen atoms in total. The van der Waals surface area contributed by atoms with Crippen molar-refractivity contribution in [2.75, 3.05) is 25.0 Å². The van der Waals surface area contributed by atoms with Gasteiger partial charge in [0.15, 0.2) is 0 Å². The van der Waals surface area contributed by atoms with Gasteiger partial charge in [-0.3, -0.25) is 4.79 Å². The Hall–Kier alpha value is -1.53. The maximum atomic E-state index is 13.3. The van der Waals surface area contributed by atoms with Crippen LogP contribution in [0.1, 0.15) is 13.3 Å². The molecule has 1 fully saturated rings. The van der Waals surface area contributed by atoms with Crippen molar-refractivity contribution in [3.63, 3.8) is 0 Å². The second-order valence-corrected chi connectivity index (χ2v) is 5.01. The number of carbonyl (C=O) groups excluding carboxylic acids is 1. The largest absolute Gasteiger partial charge is 0.322 e. The van der Waals surface area contributed by atoms with Gasteiger partial charge in [0.25, 0.3) is 0 Å². The summed E-state index contributed by atoms with van der Waals surface area (Å²) in [6.07, 6.45) is 0.936. The summed E-state index contributed by atoms with van der Waals surface area (Å²) in [4.78, 5) is 11.7. The molecule has 3 N–H and O–H groups in total. The lowest BCUT2D eigenvalue weighted by Gasteiger charge is -2.24. The Morgan fingerprint density at radius 3 is 2.89 bits per heavy atom. The fraction of sp³-hybridized carbons (Fsp3) is 0.462. The zero-order chi connectivity index (χ0) is 13.9. The van der Waals surface area contributed by atoms with E-state index in [0.717, 1.165) is 31.6 Å². The van der Waals surface area contributed by atoms with Gasteiger partial charge in [0.05, 0.1) is 12.2 Å². The number of hydrogen-bond donors (Lipinski definition) is 3. The van der Waals surface area contributed by atoms with Gasteiger partial charge >= 0.3 is 0 Å². The number of halogens is 2. The quantitative estimate of drug-likeness (QED) is 0.771. The van der Waals surface area contributed by atoms with Crippen molar-refractivity contribution in [2.45, 2.75) is 18.9 Å². The Kier molecular flexibility index (Phi) is 4.11. The molecule has 0 saturated carbocycles. The van der Waals surface area contributed by atoms with Gasteiger partial charge in [-0.25, -0.2) is 8.78 Å². The van der Waals surface area contributed by atoms with Gasteiger partial charge in [-0.15, -0.1) is 0 Å². The van der Waals surface area contributed by atoms with Crippen LogP contribution in [0.4, 0.5) is 14.5 Å². The van der Waals surface area contributed by atoms with E-state index in [0.29, 0.717) is 0 Å². The third-order valence-corrected chi connectivity index (χ3v) is 3.25. The molecule has 1 unspecified atom stereocenters. The van der Waals surface area contributed by atoms with Crippen LogP contribution in [0.5, 0.6) is 0 Å². The highest BCUT2D eigenvalue weighted by Crippen LogP contribution is 2.15. The first kappa shape index (κ1) is 13.9. The normalized spacial score (nSPS) is 22.5. The molecule has 0 spiro atoms. The Labute approximate surface area is 110 Å². The molecule has 2 rings (SSSR count). The van der Waals surface area contributed by atoms with Crippen molar-refractivity contribution >= 4 is 11.6 Å². The van der Waals surface area contributed by atoms with E-state index in [9.17, 15) is 13.6 Å². The van der Waals surface area contributed by atoms with Gasteiger partial charge in [-0.2, -0.15) is 0 Å². The maximum Gasteiger partial charge on any atom is 0.238 e. The maximum absolute atomic E-state index is 13.3. The molecule has 1 aliphatic heterocycles. The lowest BCUT2D eigenvalue weighted by atomic mass is 10.0. The molecule has 0 aliphatic carbocycles. The van der Waals surface area contributed by atoms with E-state index in [1.807, 2.05) is 6.92 Å². The van der Waals surface area contributed by atoms with Crippen LogP contribution in [0.3, 0.4) is 0 Å². The molecular weight excluding hydrogens is 252 g/mol. The van der Waals surface area contributed by atoms with Crippen LogP contribution in [0.25, 0.3) is 0 Å². The zero-order valence-electron chi connectivity index (χ0n) is 10.7. The van der Waals surface area contributed by atoms with E-state index in [2.05, 4.69) is 16.0 Å². The molecule has 1 aliphatic rings. The van der Waals surface area contributed by atoms with Crippen LogP contribution in [-0.2, 0) is 4.79 Å². The molecule has 0 aromatic heterocycles. The zero-order valence-corrected chi connectivity index (χ0v) is 10.7. The van der Waals surface area contributed by atoms with Gasteiger partial charge in [0, 0.05) is 18.2 Å². The summed E-state index contributed by atoms with van der Waals surface area (Å²) in [6, 6.07) is 3.06. The van der Waals surface area contributed by atoms with Crippen molar-refractivity contribution in [1.82, 2.24) is 10.6 Å². The van der Waals surface area contributed by atoms with Gasteiger partial charge in [-0.05, 0) is 32.0 Å². The third-order valence-electron chi connectivity index (χ3n) is 3.25. The summed E-state index contributed by atoms with van der Waals surface area (Å²) in [5, 5.41) is 8.76. The number of rotatable bonds is 4. The molecule has 0 bridgehead atoms. The van der Waals surface area contributed by atoms with Crippen LogP contribution in [-0.4, -0.2) is 31.1 Å². The molecule has 1 aromatic rings. The van der Waals surface area contributed by atoms with E-state index >= 15 is 0 Å². The second-order valence-electron chi connectivity index (χ2n) is 5.01. The SMILES string of the molecule is CC1(NCC(=O)Nc2ccc(F)cc2F)CCNC1. The third kappa shape index (κ3) is 3.71. The summed E-state index contributed by atoms with van der Waals surface area (Å²) < 4.78 is 26.1. The first-order chi connectivity index (χ1) is 8.98. The van der Waals surface area contributed by atoms with Gasteiger partial charge in [0.2, 0.25) is 5.91 Å². The molecule has 104 valence electrons. The summed E-state index contributed by atoms with van der Waals surface area (Å²) >= 11 is 0. The average molecular weight is 269 g/mol. The Morgan fingerprint density at radius 1 is 1.47 bits per heavy atom. The van der Waals surface area contributed by atoms with Crippen molar-refractivity contribution in [2.24, 2.45) is 0 Å². The van der Waals surface area contributed by atoms with Crippen LogP contribution in [0, 0.1) is 11.6 Å². The number of benzene rings is 1. The Morgan fingerprint density at radius 2 is 2.26 bits per heavy atom. The fourth-order valence-electron chi connectivity index (χ4n) is 2.05. The Bertz CT molecular complexity index is 473. The van der Waals surface area contributed by atoms with E-state index in [1.54, 1.807) is 0 Å². The summed E-state index contributed by atoms with van der Waals surface area (Å²) in [5.74, 6) is -1.79. The highest BCUT2D eigenvalue weighted by molar-refractivity contribution is 5.92. The number of hydrogen-bond acceptors (Lipinski definition) is 3. The van der Waals surface area contributed by atoms with Crippen LogP contribution >= 0.6 is 0 Å². The summed E-state index contributed by atoms with van der Waals surface area (Å²) in [6.45, 7) is 3.83. The molecule has 1 amide bonds. The van der Waals surface area contributed by atoms with Gasteiger partial charge < -0.3 is 16.0 Å². The number of amides is 1. The van der Waals surface area contributed by atoms with Crippen molar-refractivity contribution in [3.05, 3.63) is 29.8 Å². The van der Waals surface area contributed by atoms with E-state index in [4.69, 9.17) is 0 Å². The highest BCUT2D eigenvalue weighted by Gasteiger charge is 2.28. The Balaban J connectivity index is 1.87. The molecule has 0 radical (unpaired) electrons. The topological polar surface area (TPSA) is 53.2 Å². The molecule has 1 aromatic carbocycles. The van der Waals surface area contributed by atoms with E-state index in [1.165, 1.54) is 6.07 Å². The first-order valence-corrected chi connectivity index (χ1v) is 6.19. The lowest BCUT2D eigenvalue weighted by Crippen LogP contribution is -2.47. The first-order valence-electron chi connectivity index (χ1n) is 6.19. The predicted octanol–water partition coefficient (Wildman–Crippen LogP) is 1.24. The van der Waals surface area contributed by atoms with E-state index < -0.39 is 11.6 Å². The second kappa shape index (κ2) is 5.63. The molecule has 1 saturated heterocycles. The molecule has 1 heterocycles. The molecule has 19 heavy (non-hydrogen) atoms.